The molecule has 1 heterocycles. The van der Waals surface area contributed by atoms with E-state index in [1.165, 1.54) is 12.5 Å². The van der Waals surface area contributed by atoms with E-state index in [2.05, 4.69) is 15.5 Å². The van der Waals surface area contributed by atoms with Crippen LogP contribution in [0.4, 0.5) is 11.4 Å². The number of carbonyl (C=O) groups is 1. The molecule has 8 nitrogen and oxygen atoms in total. The number of rotatable bonds is 6. The molecule has 148 valence electrons. The largest absolute Gasteiger partial charge is 0.383 e. The number of hydrogen-bond acceptors (Lipinski definition) is 6. The van der Waals surface area contributed by atoms with Crippen molar-refractivity contribution < 1.29 is 14.5 Å². The number of hydrogen-bond donors (Lipinski definition) is 2. The van der Waals surface area contributed by atoms with Crippen molar-refractivity contribution in [1.82, 2.24) is 10.2 Å². The molecule has 27 heavy (non-hydrogen) atoms. The van der Waals surface area contributed by atoms with E-state index in [1.807, 2.05) is 0 Å². The first kappa shape index (κ1) is 19.6. The molecule has 1 aromatic rings. The Kier molecular flexibility index (Phi) is 6.28. The molecule has 2 aliphatic rings. The van der Waals surface area contributed by atoms with Gasteiger partial charge in [0.15, 0.2) is 0 Å². The maximum absolute atomic E-state index is 12.7. The second-order valence-electron chi connectivity index (χ2n) is 7.31. The quantitative estimate of drug-likeness (QED) is 0.585. The number of benzene rings is 1. The highest BCUT2D eigenvalue weighted by Gasteiger charge is 2.38. The smallest absolute Gasteiger partial charge is 0.293 e. The van der Waals surface area contributed by atoms with E-state index in [-0.39, 0.29) is 17.1 Å². The first-order chi connectivity index (χ1) is 13.1. The third-order valence-electron chi connectivity index (χ3n) is 5.77. The summed E-state index contributed by atoms with van der Waals surface area (Å²) in [6, 6.07) is 4.53. The van der Waals surface area contributed by atoms with Crippen molar-refractivity contribution in [3.63, 3.8) is 0 Å². The van der Waals surface area contributed by atoms with Gasteiger partial charge in [-0.15, -0.1) is 0 Å². The molecule has 0 radical (unpaired) electrons. The number of amides is 1. The maximum Gasteiger partial charge on any atom is 0.293 e. The van der Waals surface area contributed by atoms with Gasteiger partial charge in [-0.2, -0.15) is 0 Å². The average molecular weight is 376 g/mol. The van der Waals surface area contributed by atoms with Crippen LogP contribution in [-0.2, 0) is 4.74 Å². The summed E-state index contributed by atoms with van der Waals surface area (Å²) in [5, 5.41) is 17.1. The average Bonchev–Trinajstić information content (AvgIpc) is 2.72. The first-order valence-corrected chi connectivity index (χ1v) is 9.63. The summed E-state index contributed by atoms with van der Waals surface area (Å²) in [5.41, 5.74) is 0.585. The molecular formula is C19H28N4O4. The number of nitro groups is 1. The van der Waals surface area contributed by atoms with E-state index in [4.69, 9.17) is 4.74 Å². The zero-order valence-corrected chi connectivity index (χ0v) is 15.8. The van der Waals surface area contributed by atoms with Crippen LogP contribution in [-0.4, -0.2) is 61.2 Å². The monoisotopic (exact) mass is 376 g/mol. The summed E-state index contributed by atoms with van der Waals surface area (Å²) in [4.78, 5) is 25.9. The molecule has 8 heteroatoms. The predicted molar refractivity (Wildman–Crippen MR) is 103 cm³/mol. The zero-order valence-electron chi connectivity index (χ0n) is 15.8. The van der Waals surface area contributed by atoms with E-state index in [1.54, 1.807) is 19.2 Å². The molecule has 2 N–H and O–H groups in total. The van der Waals surface area contributed by atoms with Gasteiger partial charge in [0.25, 0.3) is 11.6 Å². The van der Waals surface area contributed by atoms with Gasteiger partial charge < -0.3 is 15.4 Å². The number of anilines is 1. The molecule has 0 spiro atoms. The normalized spacial score (nSPS) is 20.0. The summed E-state index contributed by atoms with van der Waals surface area (Å²) in [7, 11) is 1.62. The lowest BCUT2D eigenvalue weighted by Gasteiger charge is -2.48. The summed E-state index contributed by atoms with van der Waals surface area (Å²) in [6.07, 6.45) is 5.68. The second-order valence-corrected chi connectivity index (χ2v) is 7.31. The number of ether oxygens (including phenoxy) is 1. The lowest BCUT2D eigenvalue weighted by Crippen LogP contribution is -2.59. The van der Waals surface area contributed by atoms with E-state index in [0.717, 1.165) is 52.0 Å². The summed E-state index contributed by atoms with van der Waals surface area (Å²) in [5.74, 6) is -0.265. The van der Waals surface area contributed by atoms with Gasteiger partial charge in [0.1, 0.15) is 5.69 Å². The minimum absolute atomic E-state index is 0.0332. The van der Waals surface area contributed by atoms with Gasteiger partial charge in [-0.1, -0.05) is 19.3 Å². The lowest BCUT2D eigenvalue weighted by atomic mass is 9.79. The van der Waals surface area contributed by atoms with Gasteiger partial charge in [-0.3, -0.25) is 19.8 Å². The van der Waals surface area contributed by atoms with Crippen LogP contribution < -0.4 is 10.6 Å². The molecule has 1 aliphatic heterocycles. The van der Waals surface area contributed by atoms with Crippen LogP contribution in [0.3, 0.4) is 0 Å². The number of carbonyl (C=O) groups excluding carboxylic acids is 1. The van der Waals surface area contributed by atoms with E-state index in [0.29, 0.717) is 17.8 Å². The summed E-state index contributed by atoms with van der Waals surface area (Å²) < 4.78 is 5.49. The van der Waals surface area contributed by atoms with Gasteiger partial charge in [-0.25, -0.2) is 0 Å². The van der Waals surface area contributed by atoms with Crippen molar-refractivity contribution in [1.29, 1.82) is 0 Å². The van der Waals surface area contributed by atoms with Gasteiger partial charge >= 0.3 is 0 Å². The maximum atomic E-state index is 12.7. The Labute approximate surface area is 159 Å². The number of nitrogens with one attached hydrogen (secondary N) is 2. The Morgan fingerprint density at radius 3 is 2.59 bits per heavy atom. The van der Waals surface area contributed by atoms with Gasteiger partial charge in [-0.05, 0) is 25.0 Å². The summed E-state index contributed by atoms with van der Waals surface area (Å²) in [6.45, 7) is 3.80. The standard InChI is InChI=1S/C19H28N4O4/c1-20-16-6-5-15(13-17(16)23(25)26)18(24)21-14-19(7-3-2-4-8-19)22-9-11-27-12-10-22/h5-6,13,20H,2-4,7-12,14H2,1H3,(H,21,24). The van der Waals surface area contributed by atoms with Crippen LogP contribution >= 0.6 is 0 Å². The topological polar surface area (TPSA) is 96.7 Å². The zero-order chi connectivity index (χ0) is 19.3. The molecule has 1 aromatic carbocycles. The molecule has 3 rings (SSSR count). The van der Waals surface area contributed by atoms with Gasteiger partial charge in [0.05, 0.1) is 18.1 Å². The minimum Gasteiger partial charge on any atom is -0.383 e. The Morgan fingerprint density at radius 1 is 1.26 bits per heavy atom. The summed E-state index contributed by atoms with van der Waals surface area (Å²) >= 11 is 0. The SMILES string of the molecule is CNc1ccc(C(=O)NCC2(N3CCOCC3)CCCCC2)cc1[N+](=O)[O-]. The van der Waals surface area contributed by atoms with Crippen LogP contribution in [0, 0.1) is 10.1 Å². The van der Waals surface area contributed by atoms with Crippen molar-refractivity contribution in [2.75, 3.05) is 45.2 Å². The molecule has 1 amide bonds. The van der Waals surface area contributed by atoms with Crippen molar-refractivity contribution in [2.45, 2.75) is 37.6 Å². The molecule has 0 aromatic heterocycles. The highest BCUT2D eigenvalue weighted by atomic mass is 16.6. The number of nitro benzene ring substituents is 1. The fourth-order valence-electron chi connectivity index (χ4n) is 4.23. The van der Waals surface area contributed by atoms with Gasteiger partial charge in [0, 0.05) is 43.9 Å². The van der Waals surface area contributed by atoms with Crippen molar-refractivity contribution >= 4 is 17.3 Å². The second kappa shape index (κ2) is 8.67. The van der Waals surface area contributed by atoms with Crippen molar-refractivity contribution in [2.24, 2.45) is 0 Å². The molecule has 0 bridgehead atoms. The minimum atomic E-state index is -0.473. The molecule has 1 saturated carbocycles. The first-order valence-electron chi connectivity index (χ1n) is 9.63. The third kappa shape index (κ3) is 4.39. The Bertz CT molecular complexity index is 682. The molecular weight excluding hydrogens is 348 g/mol. The van der Waals surface area contributed by atoms with Crippen LogP contribution in [0.2, 0.25) is 0 Å². The van der Waals surface area contributed by atoms with Crippen molar-refractivity contribution in [3.05, 3.63) is 33.9 Å². The fraction of sp³-hybridized carbons (Fsp3) is 0.632. The predicted octanol–water partition coefficient (Wildman–Crippen LogP) is 2.40. The highest BCUT2D eigenvalue weighted by Crippen LogP contribution is 2.34. The van der Waals surface area contributed by atoms with Crippen LogP contribution in [0.1, 0.15) is 42.5 Å². The van der Waals surface area contributed by atoms with Crippen molar-refractivity contribution in [3.8, 4) is 0 Å². The Hall–Kier alpha value is -2.19. The van der Waals surface area contributed by atoms with Crippen LogP contribution in [0.15, 0.2) is 18.2 Å². The molecule has 0 unspecified atom stereocenters. The molecule has 1 saturated heterocycles. The molecule has 2 fully saturated rings. The third-order valence-corrected chi connectivity index (χ3v) is 5.77. The van der Waals surface area contributed by atoms with E-state index < -0.39 is 4.92 Å². The lowest BCUT2D eigenvalue weighted by molar-refractivity contribution is -0.384. The molecule has 1 aliphatic carbocycles. The Morgan fingerprint density at radius 2 is 1.96 bits per heavy atom. The van der Waals surface area contributed by atoms with E-state index in [9.17, 15) is 14.9 Å². The fourth-order valence-corrected chi connectivity index (χ4v) is 4.23. The van der Waals surface area contributed by atoms with Crippen LogP contribution in [0.25, 0.3) is 0 Å². The highest BCUT2D eigenvalue weighted by molar-refractivity contribution is 5.95. The van der Waals surface area contributed by atoms with E-state index >= 15 is 0 Å². The van der Waals surface area contributed by atoms with Crippen LogP contribution in [0.5, 0.6) is 0 Å². The number of morpholine rings is 1. The van der Waals surface area contributed by atoms with Gasteiger partial charge in [0.2, 0.25) is 0 Å². The molecule has 0 atom stereocenters. The Balaban J connectivity index is 1.72. The number of nitrogens with zero attached hydrogens (tertiary/aromatic N) is 2.